The van der Waals surface area contributed by atoms with E-state index in [1.54, 1.807) is 0 Å². The van der Waals surface area contributed by atoms with Gasteiger partial charge >= 0.3 is 0 Å². The molecule has 5 heterocycles. The van der Waals surface area contributed by atoms with E-state index in [-0.39, 0.29) is 30.0 Å². The molecule has 0 N–H and O–H groups in total. The number of hydrogen-bond donors (Lipinski definition) is 0. The van der Waals surface area contributed by atoms with Crippen LogP contribution in [0.15, 0.2) is 43.0 Å². The molecule has 4 saturated heterocycles. The Labute approximate surface area is 270 Å². The molecular formula is C37H40ClN5O2. The third-order valence-corrected chi connectivity index (χ3v) is 11.7. The molecule has 0 spiro atoms. The maximum absolute atomic E-state index is 12.6. The fraction of sp³-hybridized carbons (Fsp3) is 0.486. The van der Waals surface area contributed by atoms with Crippen LogP contribution in [0.3, 0.4) is 0 Å². The van der Waals surface area contributed by atoms with Crippen molar-refractivity contribution in [2.45, 2.75) is 81.8 Å². The Balaban J connectivity index is 1.26. The van der Waals surface area contributed by atoms with Crippen LogP contribution in [0, 0.1) is 11.3 Å². The number of nitriles is 1. The Bertz CT molecular complexity index is 1740. The maximum atomic E-state index is 12.6. The lowest BCUT2D eigenvalue weighted by Crippen LogP contribution is -2.63. The lowest BCUT2D eigenvalue weighted by molar-refractivity contribution is -0.127. The van der Waals surface area contributed by atoms with Gasteiger partial charge in [0.05, 0.1) is 46.9 Å². The predicted molar refractivity (Wildman–Crippen MR) is 178 cm³/mol. The summed E-state index contributed by atoms with van der Waals surface area (Å²) < 4.78 is 6.76. The van der Waals surface area contributed by atoms with E-state index in [1.807, 2.05) is 4.90 Å². The van der Waals surface area contributed by atoms with Crippen LogP contribution in [0.5, 0.6) is 5.88 Å². The largest absolute Gasteiger partial charge is 0.475 e. The number of rotatable bonds is 7. The van der Waals surface area contributed by atoms with Crippen molar-refractivity contribution in [2.75, 3.05) is 37.7 Å². The molecule has 1 amide bonds. The molecule has 8 heteroatoms. The summed E-state index contributed by atoms with van der Waals surface area (Å²) in [5, 5.41) is 11.7. The predicted octanol–water partition coefficient (Wildman–Crippen LogP) is 6.48. The van der Waals surface area contributed by atoms with Crippen LogP contribution in [0.4, 0.5) is 5.69 Å². The van der Waals surface area contributed by atoms with Crippen LogP contribution in [0.2, 0.25) is 5.02 Å². The number of hydrogen-bond acceptors (Lipinski definition) is 6. The number of ether oxygens (including phenoxy) is 1. The van der Waals surface area contributed by atoms with E-state index < -0.39 is 0 Å². The summed E-state index contributed by atoms with van der Waals surface area (Å²) >= 11 is 7.18. The number of anilines is 1. The Morgan fingerprint density at radius 3 is 2.73 bits per heavy atom. The standard InChI is InChI=1S/C37H40ClN5O2/c1-2-34(44)42-19-13-32-33(42)22-43(32)35-27(12-16-39)36(45-23-37-14-6-17-41(37)18-7-15-37)40-31-21-28(30(38)20-29(31)35)26-11-5-9-24-8-3-4-10-25(24)26/h2,5,9,11,20-21,32-33H,1,3-4,6-8,10,12-15,17-19,22-23H2/t32-,33-/m1/s1. The van der Waals surface area contributed by atoms with E-state index in [2.05, 4.69) is 52.8 Å². The van der Waals surface area contributed by atoms with E-state index in [4.69, 9.17) is 21.3 Å². The van der Waals surface area contributed by atoms with E-state index in [0.29, 0.717) is 30.6 Å². The third kappa shape index (κ3) is 4.63. The molecule has 7 nitrogen and oxygen atoms in total. The molecule has 4 aliphatic heterocycles. The number of aryl methyl sites for hydroxylation is 1. The van der Waals surface area contributed by atoms with Gasteiger partial charge in [0.25, 0.3) is 0 Å². The zero-order valence-corrected chi connectivity index (χ0v) is 26.6. The second kappa shape index (κ2) is 11.3. The Kier molecular flexibility index (Phi) is 7.26. The zero-order valence-electron chi connectivity index (χ0n) is 25.9. The SMILES string of the molecule is C=CC(=O)N1CC[C@@H]2[C@H]1CN2c1c(CC#N)c(OCC23CCCN2CCC3)nc2cc(-c3cccc4c3CCCC4)c(Cl)cc12. The van der Waals surface area contributed by atoms with Crippen LogP contribution >= 0.6 is 11.6 Å². The van der Waals surface area contributed by atoms with Gasteiger partial charge in [0.2, 0.25) is 11.8 Å². The lowest BCUT2D eigenvalue weighted by Gasteiger charge is -2.49. The first-order valence-corrected chi connectivity index (χ1v) is 17.1. The molecule has 1 aromatic heterocycles. The van der Waals surface area contributed by atoms with Crippen molar-refractivity contribution >= 4 is 34.1 Å². The third-order valence-electron chi connectivity index (χ3n) is 11.4. The average molecular weight is 622 g/mol. The topological polar surface area (TPSA) is 72.7 Å². The van der Waals surface area contributed by atoms with E-state index in [0.717, 1.165) is 72.9 Å². The van der Waals surface area contributed by atoms with Crippen LogP contribution in [0.1, 0.15) is 61.6 Å². The molecule has 3 aromatic rings. The summed E-state index contributed by atoms with van der Waals surface area (Å²) in [6.45, 7) is 7.97. The monoisotopic (exact) mass is 621 g/mol. The highest BCUT2D eigenvalue weighted by Crippen LogP contribution is 2.47. The van der Waals surface area contributed by atoms with Crippen molar-refractivity contribution in [1.29, 1.82) is 5.26 Å². The maximum Gasteiger partial charge on any atom is 0.246 e. The van der Waals surface area contributed by atoms with Gasteiger partial charge in [-0.05, 0) is 106 Å². The molecule has 45 heavy (non-hydrogen) atoms. The van der Waals surface area contributed by atoms with Crippen LogP contribution in [0.25, 0.3) is 22.0 Å². The van der Waals surface area contributed by atoms with Crippen LogP contribution < -0.4 is 9.64 Å². The van der Waals surface area contributed by atoms with Crippen molar-refractivity contribution in [1.82, 2.24) is 14.8 Å². The number of carbonyl (C=O) groups excluding carboxylic acids is 1. The minimum Gasteiger partial charge on any atom is -0.475 e. The van der Waals surface area contributed by atoms with E-state index >= 15 is 0 Å². The number of aromatic nitrogens is 1. The van der Waals surface area contributed by atoms with Gasteiger partial charge in [0, 0.05) is 29.1 Å². The van der Waals surface area contributed by atoms with Gasteiger partial charge in [-0.15, -0.1) is 0 Å². The molecule has 4 fully saturated rings. The zero-order chi connectivity index (χ0) is 30.7. The van der Waals surface area contributed by atoms with Gasteiger partial charge in [-0.2, -0.15) is 5.26 Å². The number of amides is 1. The summed E-state index contributed by atoms with van der Waals surface area (Å²) in [6, 6.07) is 13.5. The molecule has 8 rings (SSSR count). The molecule has 0 unspecified atom stereocenters. The average Bonchev–Trinajstić information content (AvgIpc) is 3.73. The summed E-state index contributed by atoms with van der Waals surface area (Å²) in [5.74, 6) is 0.551. The Morgan fingerprint density at radius 2 is 1.93 bits per heavy atom. The number of nitrogens with zero attached hydrogens (tertiary/aromatic N) is 5. The fourth-order valence-electron chi connectivity index (χ4n) is 9.14. The number of fused-ring (bicyclic) bond motifs is 4. The molecule has 0 saturated carbocycles. The second-order valence-corrected chi connectivity index (χ2v) is 14.0. The molecule has 5 aliphatic rings. The van der Waals surface area contributed by atoms with Gasteiger partial charge in [-0.1, -0.05) is 36.4 Å². The summed E-state index contributed by atoms with van der Waals surface area (Å²) in [6.07, 6.45) is 11.7. The molecule has 232 valence electrons. The quantitative estimate of drug-likeness (QED) is 0.281. The Hall–Kier alpha value is -3.60. The van der Waals surface area contributed by atoms with Gasteiger partial charge in [0.15, 0.2) is 0 Å². The molecule has 0 radical (unpaired) electrons. The minimum atomic E-state index is -0.0150. The highest BCUT2D eigenvalue weighted by Gasteiger charge is 2.50. The van der Waals surface area contributed by atoms with Crippen molar-refractivity contribution in [3.8, 4) is 23.1 Å². The smallest absolute Gasteiger partial charge is 0.246 e. The van der Waals surface area contributed by atoms with Gasteiger partial charge < -0.3 is 14.5 Å². The van der Waals surface area contributed by atoms with Crippen molar-refractivity contribution in [3.05, 3.63) is 64.7 Å². The van der Waals surface area contributed by atoms with Gasteiger partial charge in [-0.3, -0.25) is 9.69 Å². The van der Waals surface area contributed by atoms with Gasteiger partial charge in [0.1, 0.15) is 6.61 Å². The van der Waals surface area contributed by atoms with Crippen LogP contribution in [-0.2, 0) is 24.1 Å². The summed E-state index contributed by atoms with van der Waals surface area (Å²) in [7, 11) is 0. The summed E-state index contributed by atoms with van der Waals surface area (Å²) in [4.78, 5) is 24.7. The lowest BCUT2D eigenvalue weighted by atomic mass is 9.85. The molecule has 0 bridgehead atoms. The van der Waals surface area contributed by atoms with E-state index in [1.165, 1.54) is 48.4 Å². The van der Waals surface area contributed by atoms with E-state index in [9.17, 15) is 10.1 Å². The number of benzene rings is 2. The Morgan fingerprint density at radius 1 is 1.11 bits per heavy atom. The van der Waals surface area contributed by atoms with Crippen molar-refractivity contribution in [3.63, 3.8) is 0 Å². The van der Waals surface area contributed by atoms with Gasteiger partial charge in [-0.25, -0.2) is 4.98 Å². The number of likely N-dealkylation sites (tertiary alicyclic amines) is 1. The molecular weight excluding hydrogens is 582 g/mol. The number of pyridine rings is 1. The number of carbonyl (C=O) groups is 1. The minimum absolute atomic E-state index is 0.0150. The first kappa shape index (κ1) is 28.8. The van der Waals surface area contributed by atoms with Crippen LogP contribution in [-0.4, -0.2) is 71.1 Å². The highest BCUT2D eigenvalue weighted by molar-refractivity contribution is 6.34. The normalized spacial score (nSPS) is 23.3. The molecule has 2 atom stereocenters. The molecule has 1 aliphatic carbocycles. The molecule has 2 aromatic carbocycles. The van der Waals surface area contributed by atoms with Crippen molar-refractivity contribution < 1.29 is 9.53 Å². The first-order valence-electron chi connectivity index (χ1n) is 16.7. The van der Waals surface area contributed by atoms with Crippen molar-refractivity contribution in [2.24, 2.45) is 0 Å². The summed E-state index contributed by atoms with van der Waals surface area (Å²) in [5.41, 5.74) is 7.72. The fourth-order valence-corrected chi connectivity index (χ4v) is 9.41. The second-order valence-electron chi connectivity index (χ2n) is 13.6. The highest BCUT2D eigenvalue weighted by atomic mass is 35.5. The first-order chi connectivity index (χ1) is 22.0. The number of halogens is 1.